The van der Waals surface area contributed by atoms with Crippen LogP contribution < -0.4 is 0 Å². The first-order valence-corrected chi connectivity index (χ1v) is 7.21. The molecule has 0 heterocycles. The van der Waals surface area contributed by atoms with Crippen LogP contribution in [0.5, 0.6) is 0 Å². The largest absolute Gasteiger partial charge is 0.499 e. The lowest BCUT2D eigenvalue weighted by atomic mass is 9.47. The van der Waals surface area contributed by atoms with Crippen LogP contribution in [0.2, 0.25) is 6.32 Å². The monoisotopic (exact) mass is 274 g/mol. The summed E-state index contributed by atoms with van der Waals surface area (Å²) in [5.74, 6) is 6.13. The zero-order chi connectivity index (χ0) is 15.2. The van der Waals surface area contributed by atoms with Crippen molar-refractivity contribution in [1.82, 2.24) is 0 Å². The van der Waals surface area contributed by atoms with Gasteiger partial charge in [-0.05, 0) is 20.2 Å². The summed E-state index contributed by atoms with van der Waals surface area (Å²) in [7, 11) is 0. The van der Waals surface area contributed by atoms with Crippen molar-refractivity contribution in [1.29, 1.82) is 0 Å². The lowest BCUT2D eigenvalue weighted by Gasteiger charge is -2.11. The molecule has 0 rings (SSSR count). The lowest BCUT2D eigenvalue weighted by Crippen LogP contribution is -2.10. The zero-order valence-electron chi connectivity index (χ0n) is 12.9. The third kappa shape index (κ3) is 8.46. The predicted octanol–water partition coefficient (Wildman–Crippen LogP) is 4.74. The summed E-state index contributed by atoms with van der Waals surface area (Å²) in [4.78, 5) is 0. The fraction of sp³-hybridized carbons (Fsp3) is 0.412. The van der Waals surface area contributed by atoms with Crippen molar-refractivity contribution < 1.29 is 9.47 Å². The second kappa shape index (κ2) is 12.4. The SMILES string of the molecule is C=CCB(/C=C(\CC=C)OCC)/C=C(\CC=C)OCC. The molecule has 0 spiro atoms. The van der Waals surface area contributed by atoms with E-state index in [4.69, 9.17) is 9.47 Å². The minimum Gasteiger partial charge on any atom is -0.499 e. The molecule has 0 N–H and O–H groups in total. The topological polar surface area (TPSA) is 18.5 Å². The Labute approximate surface area is 124 Å². The van der Waals surface area contributed by atoms with Gasteiger partial charge in [-0.15, -0.1) is 19.7 Å². The Bertz CT molecular complexity index is 326. The van der Waals surface area contributed by atoms with Crippen LogP contribution in [0.3, 0.4) is 0 Å². The van der Waals surface area contributed by atoms with E-state index < -0.39 is 0 Å². The summed E-state index contributed by atoms with van der Waals surface area (Å²) in [6.07, 6.45) is 7.93. The number of hydrogen-bond acceptors (Lipinski definition) is 2. The van der Waals surface area contributed by atoms with Crippen LogP contribution in [0.1, 0.15) is 26.7 Å². The second-order valence-corrected chi connectivity index (χ2v) is 4.31. The van der Waals surface area contributed by atoms with E-state index in [-0.39, 0.29) is 6.71 Å². The van der Waals surface area contributed by atoms with E-state index in [1.165, 1.54) is 0 Å². The van der Waals surface area contributed by atoms with Gasteiger partial charge in [0.15, 0.2) is 0 Å². The van der Waals surface area contributed by atoms with Crippen molar-refractivity contribution in [2.24, 2.45) is 0 Å². The molecule has 0 saturated carbocycles. The predicted molar refractivity (Wildman–Crippen MR) is 89.8 cm³/mol. The van der Waals surface area contributed by atoms with Gasteiger partial charge in [-0.2, -0.15) is 0 Å². The van der Waals surface area contributed by atoms with Gasteiger partial charge in [-0.1, -0.05) is 30.2 Å². The van der Waals surface area contributed by atoms with Gasteiger partial charge in [0.05, 0.1) is 24.7 Å². The van der Waals surface area contributed by atoms with Crippen LogP contribution in [-0.4, -0.2) is 19.9 Å². The lowest BCUT2D eigenvalue weighted by molar-refractivity contribution is 0.224. The molecule has 0 aliphatic carbocycles. The maximum absolute atomic E-state index is 5.63. The molecule has 0 saturated heterocycles. The molecule has 2 nitrogen and oxygen atoms in total. The highest BCUT2D eigenvalue weighted by Crippen LogP contribution is 2.13. The maximum atomic E-state index is 5.63. The minimum atomic E-state index is 0.218. The number of rotatable bonds is 12. The van der Waals surface area contributed by atoms with Crippen molar-refractivity contribution in [3.05, 3.63) is 61.4 Å². The van der Waals surface area contributed by atoms with Crippen molar-refractivity contribution >= 4 is 6.71 Å². The highest BCUT2D eigenvalue weighted by molar-refractivity contribution is 6.70. The van der Waals surface area contributed by atoms with Gasteiger partial charge in [0.25, 0.3) is 0 Å². The first-order valence-electron chi connectivity index (χ1n) is 7.21. The third-order valence-electron chi connectivity index (χ3n) is 2.59. The Kier molecular flexibility index (Phi) is 11.4. The quantitative estimate of drug-likeness (QED) is 0.291. The first kappa shape index (κ1) is 18.4. The molecule has 0 atom stereocenters. The van der Waals surface area contributed by atoms with E-state index in [1.54, 1.807) is 0 Å². The number of allylic oxidation sites excluding steroid dienone is 3. The molecular formula is C17H27BO2. The average Bonchev–Trinajstić information content (AvgIpc) is 2.40. The molecule has 20 heavy (non-hydrogen) atoms. The van der Waals surface area contributed by atoms with Gasteiger partial charge >= 0.3 is 0 Å². The average molecular weight is 274 g/mol. The first-order chi connectivity index (χ1) is 9.71. The molecule has 0 radical (unpaired) electrons. The van der Waals surface area contributed by atoms with Crippen molar-refractivity contribution in [3.63, 3.8) is 0 Å². The maximum Gasteiger partial charge on any atom is 0.204 e. The molecule has 0 aromatic rings. The van der Waals surface area contributed by atoms with Crippen LogP contribution in [0.25, 0.3) is 0 Å². The molecule has 3 heteroatoms. The zero-order valence-corrected chi connectivity index (χ0v) is 12.9. The molecule has 0 aliphatic rings. The Balaban J connectivity index is 5.10. The molecule has 0 unspecified atom stereocenters. The summed E-state index contributed by atoms with van der Waals surface area (Å²) < 4.78 is 11.3. The van der Waals surface area contributed by atoms with Gasteiger partial charge in [0.1, 0.15) is 0 Å². The smallest absolute Gasteiger partial charge is 0.204 e. The summed E-state index contributed by atoms with van der Waals surface area (Å²) in [6, 6.07) is 0. The Morgan fingerprint density at radius 3 is 1.60 bits per heavy atom. The van der Waals surface area contributed by atoms with E-state index in [2.05, 4.69) is 31.7 Å². The van der Waals surface area contributed by atoms with Crippen LogP contribution in [0.4, 0.5) is 0 Å². The highest BCUT2D eigenvalue weighted by atomic mass is 16.5. The van der Waals surface area contributed by atoms with Gasteiger partial charge in [-0.3, -0.25) is 0 Å². The summed E-state index contributed by atoms with van der Waals surface area (Å²) in [5, 5.41) is 0. The van der Waals surface area contributed by atoms with Gasteiger partial charge in [0, 0.05) is 12.8 Å². The normalized spacial score (nSPS) is 11.7. The van der Waals surface area contributed by atoms with Crippen LogP contribution in [0, 0.1) is 0 Å². The van der Waals surface area contributed by atoms with E-state index in [9.17, 15) is 0 Å². The van der Waals surface area contributed by atoms with Gasteiger partial charge in [-0.25, -0.2) is 0 Å². The fourth-order valence-corrected chi connectivity index (χ4v) is 1.86. The number of ether oxygens (including phenoxy) is 2. The van der Waals surface area contributed by atoms with Gasteiger partial charge < -0.3 is 9.47 Å². The third-order valence-corrected chi connectivity index (χ3v) is 2.59. The van der Waals surface area contributed by atoms with E-state index in [1.807, 2.05) is 32.1 Å². The van der Waals surface area contributed by atoms with Crippen molar-refractivity contribution in [2.45, 2.75) is 33.0 Å². The van der Waals surface area contributed by atoms with E-state index in [0.717, 1.165) is 30.7 Å². The molecule has 110 valence electrons. The molecular weight excluding hydrogens is 247 g/mol. The summed E-state index contributed by atoms with van der Waals surface area (Å²) >= 11 is 0. The summed E-state index contributed by atoms with van der Waals surface area (Å²) in [5.41, 5.74) is 0. The minimum absolute atomic E-state index is 0.218. The Morgan fingerprint density at radius 2 is 1.30 bits per heavy atom. The highest BCUT2D eigenvalue weighted by Gasteiger charge is 2.10. The van der Waals surface area contributed by atoms with E-state index in [0.29, 0.717) is 13.2 Å². The fourth-order valence-electron chi connectivity index (χ4n) is 1.86. The molecule has 0 bridgehead atoms. The van der Waals surface area contributed by atoms with Crippen LogP contribution >= 0.6 is 0 Å². The Morgan fingerprint density at radius 1 is 0.850 bits per heavy atom. The van der Waals surface area contributed by atoms with Crippen LogP contribution in [0.15, 0.2) is 61.4 Å². The molecule has 0 amide bonds. The molecule has 0 aromatic heterocycles. The standard InChI is InChI=1S/C17H27BO2/c1-6-11-16(19-9-4)14-18(13-8-3)15-17(12-7-2)20-10-5/h6-8,14-15H,1-3,9-13H2,4-5H3/b16-14+,17-15+. The van der Waals surface area contributed by atoms with Crippen molar-refractivity contribution in [2.75, 3.05) is 13.2 Å². The van der Waals surface area contributed by atoms with E-state index >= 15 is 0 Å². The summed E-state index contributed by atoms with van der Waals surface area (Å²) in [6.45, 7) is 16.9. The van der Waals surface area contributed by atoms with Gasteiger partial charge in [0.2, 0.25) is 6.71 Å². The van der Waals surface area contributed by atoms with Crippen molar-refractivity contribution in [3.8, 4) is 0 Å². The Hall–Kier alpha value is -1.64. The molecule has 0 fully saturated rings. The second-order valence-electron chi connectivity index (χ2n) is 4.31. The molecule has 0 aliphatic heterocycles. The number of hydrogen-bond donors (Lipinski definition) is 0. The molecule has 0 aromatic carbocycles. The van der Waals surface area contributed by atoms with Crippen LogP contribution in [-0.2, 0) is 9.47 Å².